The van der Waals surface area contributed by atoms with Gasteiger partial charge in [0.05, 0.1) is 24.6 Å². The van der Waals surface area contributed by atoms with Crippen molar-refractivity contribution in [1.82, 2.24) is 10.2 Å². The van der Waals surface area contributed by atoms with Gasteiger partial charge in [0.2, 0.25) is 0 Å². The maximum Gasteiger partial charge on any atom is 0.346 e. The molecule has 1 heterocycles. The number of esters is 2. The Hall–Kier alpha value is -2.70. The quantitative estimate of drug-likeness (QED) is 0.827. The zero-order chi connectivity index (χ0) is 15.4. The van der Waals surface area contributed by atoms with Crippen LogP contribution >= 0.6 is 0 Å². The van der Waals surface area contributed by atoms with Crippen LogP contribution < -0.4 is 5.56 Å². The fourth-order valence-corrected chi connectivity index (χ4v) is 1.90. The topological polar surface area (TPSA) is 98.3 Å². The van der Waals surface area contributed by atoms with Gasteiger partial charge in [-0.15, -0.1) is 0 Å². The largest absolute Gasteiger partial charge is 0.466 e. The molecule has 0 saturated carbocycles. The molecule has 0 aliphatic rings. The molecule has 0 aliphatic carbocycles. The van der Waals surface area contributed by atoms with E-state index in [9.17, 15) is 14.4 Å². The van der Waals surface area contributed by atoms with Gasteiger partial charge in [-0.25, -0.2) is 9.89 Å². The molecule has 21 heavy (non-hydrogen) atoms. The number of carbonyl (C=O) groups excluding carboxylic acids is 2. The number of aromatic nitrogens is 2. The summed E-state index contributed by atoms with van der Waals surface area (Å²) in [5.41, 5.74) is 0.0536. The van der Waals surface area contributed by atoms with Crippen LogP contribution in [0.4, 0.5) is 0 Å². The van der Waals surface area contributed by atoms with E-state index in [-0.39, 0.29) is 12.0 Å². The van der Waals surface area contributed by atoms with Gasteiger partial charge in [0.1, 0.15) is 0 Å². The van der Waals surface area contributed by atoms with Crippen molar-refractivity contribution in [3.05, 3.63) is 40.3 Å². The van der Waals surface area contributed by atoms with Crippen molar-refractivity contribution in [2.45, 2.75) is 19.4 Å². The van der Waals surface area contributed by atoms with Gasteiger partial charge in [-0.2, -0.15) is 5.10 Å². The standard InChI is InChI=1S/C14H14N2O5/c1-8(14(19)20-2)21-12(17)7-11-9-5-3-4-6-10(9)13(18)16-15-11/h3-6,8H,7H2,1-2H3,(H,16,18). The zero-order valence-electron chi connectivity index (χ0n) is 11.6. The first-order valence-corrected chi connectivity index (χ1v) is 6.26. The van der Waals surface area contributed by atoms with E-state index in [4.69, 9.17) is 4.74 Å². The summed E-state index contributed by atoms with van der Waals surface area (Å²) < 4.78 is 9.41. The maximum absolute atomic E-state index is 11.8. The van der Waals surface area contributed by atoms with Gasteiger partial charge < -0.3 is 9.47 Å². The van der Waals surface area contributed by atoms with E-state index in [0.717, 1.165) is 0 Å². The number of fused-ring (bicyclic) bond motifs is 1. The van der Waals surface area contributed by atoms with Gasteiger partial charge >= 0.3 is 11.9 Å². The second kappa shape index (κ2) is 6.17. The number of nitrogens with zero attached hydrogens (tertiary/aromatic N) is 1. The van der Waals surface area contributed by atoms with E-state index in [1.807, 2.05) is 0 Å². The van der Waals surface area contributed by atoms with Crippen LogP contribution in [0, 0.1) is 0 Å². The highest BCUT2D eigenvalue weighted by Crippen LogP contribution is 2.13. The van der Waals surface area contributed by atoms with Crippen molar-refractivity contribution < 1.29 is 19.1 Å². The highest BCUT2D eigenvalue weighted by Gasteiger charge is 2.19. The predicted molar refractivity (Wildman–Crippen MR) is 73.6 cm³/mol. The molecule has 1 N–H and O–H groups in total. The number of hydrogen-bond acceptors (Lipinski definition) is 6. The lowest BCUT2D eigenvalue weighted by Gasteiger charge is -2.11. The molecule has 2 aromatic rings. The lowest BCUT2D eigenvalue weighted by molar-refractivity contribution is -0.164. The third-order valence-electron chi connectivity index (χ3n) is 2.93. The minimum Gasteiger partial charge on any atom is -0.466 e. The summed E-state index contributed by atoms with van der Waals surface area (Å²) in [6.07, 6.45) is -1.14. The minimum absolute atomic E-state index is 0.154. The molecule has 1 unspecified atom stereocenters. The molecule has 1 aromatic carbocycles. The van der Waals surface area contributed by atoms with Gasteiger partial charge in [-0.05, 0) is 13.0 Å². The van der Waals surface area contributed by atoms with Crippen molar-refractivity contribution in [3.8, 4) is 0 Å². The molecule has 0 radical (unpaired) electrons. The van der Waals surface area contributed by atoms with Gasteiger partial charge in [-0.3, -0.25) is 9.59 Å². The first kappa shape index (κ1) is 14.7. The summed E-state index contributed by atoms with van der Waals surface area (Å²) in [5, 5.41) is 7.21. The number of hydrogen-bond donors (Lipinski definition) is 1. The smallest absolute Gasteiger partial charge is 0.346 e. The van der Waals surface area contributed by atoms with E-state index in [0.29, 0.717) is 16.5 Å². The summed E-state index contributed by atoms with van der Waals surface area (Å²) in [4.78, 5) is 34.6. The van der Waals surface area contributed by atoms with Crippen molar-refractivity contribution in [2.24, 2.45) is 0 Å². The summed E-state index contributed by atoms with van der Waals surface area (Å²) in [5.74, 6) is -1.26. The minimum atomic E-state index is -0.989. The van der Waals surface area contributed by atoms with Crippen LogP contribution in [0.1, 0.15) is 12.6 Å². The van der Waals surface area contributed by atoms with Gasteiger partial charge in [0.15, 0.2) is 6.10 Å². The van der Waals surface area contributed by atoms with Crippen molar-refractivity contribution in [1.29, 1.82) is 0 Å². The number of H-pyrrole nitrogens is 1. The zero-order valence-corrected chi connectivity index (χ0v) is 11.6. The molecule has 0 aliphatic heterocycles. The Balaban J connectivity index is 2.21. The van der Waals surface area contributed by atoms with Gasteiger partial charge in [0.25, 0.3) is 5.56 Å². The van der Waals surface area contributed by atoms with Crippen LogP contribution in [0.5, 0.6) is 0 Å². The number of ether oxygens (including phenoxy) is 2. The Kier molecular flexibility index (Phi) is 4.32. The maximum atomic E-state index is 11.8. The third kappa shape index (κ3) is 3.25. The molecule has 7 nitrogen and oxygen atoms in total. The molecule has 7 heteroatoms. The number of nitrogens with one attached hydrogen (secondary N) is 1. The third-order valence-corrected chi connectivity index (χ3v) is 2.93. The summed E-state index contributed by atoms with van der Waals surface area (Å²) in [6, 6.07) is 6.81. The molecular formula is C14H14N2O5. The molecule has 0 fully saturated rings. The number of aromatic amines is 1. The number of methoxy groups -OCH3 is 1. The van der Waals surface area contributed by atoms with Crippen molar-refractivity contribution in [2.75, 3.05) is 7.11 Å². The van der Waals surface area contributed by atoms with Crippen molar-refractivity contribution in [3.63, 3.8) is 0 Å². The second-order valence-electron chi connectivity index (χ2n) is 4.38. The first-order chi connectivity index (χ1) is 10.0. The molecular weight excluding hydrogens is 276 g/mol. The summed E-state index contributed by atoms with van der Waals surface area (Å²) >= 11 is 0. The molecule has 2 rings (SSSR count). The van der Waals surface area contributed by atoms with Crippen LogP contribution in [0.2, 0.25) is 0 Å². The van der Waals surface area contributed by atoms with Crippen LogP contribution in [-0.4, -0.2) is 35.3 Å². The molecule has 1 atom stereocenters. The average Bonchev–Trinajstić information content (AvgIpc) is 2.49. The molecule has 0 spiro atoms. The number of carbonyl (C=O) groups is 2. The Labute approximate surface area is 119 Å². The highest BCUT2D eigenvalue weighted by atomic mass is 16.6. The first-order valence-electron chi connectivity index (χ1n) is 6.26. The van der Waals surface area contributed by atoms with Crippen LogP contribution in [0.25, 0.3) is 10.8 Å². The molecule has 1 aromatic heterocycles. The normalized spacial score (nSPS) is 11.9. The Morgan fingerprint density at radius 3 is 2.62 bits per heavy atom. The number of rotatable bonds is 4. The van der Waals surface area contributed by atoms with Gasteiger partial charge in [-0.1, -0.05) is 18.2 Å². The summed E-state index contributed by atoms with van der Waals surface area (Å²) in [7, 11) is 1.21. The molecule has 0 saturated heterocycles. The lowest BCUT2D eigenvalue weighted by atomic mass is 10.1. The summed E-state index contributed by atoms with van der Waals surface area (Å²) in [6.45, 7) is 1.42. The van der Waals surface area contributed by atoms with Crippen molar-refractivity contribution >= 4 is 22.7 Å². The second-order valence-corrected chi connectivity index (χ2v) is 4.38. The van der Waals surface area contributed by atoms with E-state index in [1.165, 1.54) is 14.0 Å². The molecule has 0 amide bonds. The lowest BCUT2D eigenvalue weighted by Crippen LogP contribution is -2.26. The Bertz CT molecular complexity index is 737. The van der Waals surface area contributed by atoms with E-state index in [2.05, 4.69) is 14.9 Å². The van der Waals surface area contributed by atoms with Crippen LogP contribution in [0.3, 0.4) is 0 Å². The van der Waals surface area contributed by atoms with Crippen LogP contribution in [-0.2, 0) is 25.5 Å². The Morgan fingerprint density at radius 2 is 1.95 bits per heavy atom. The fraction of sp³-hybridized carbons (Fsp3) is 0.286. The van der Waals surface area contributed by atoms with E-state index < -0.39 is 18.0 Å². The molecule has 110 valence electrons. The highest BCUT2D eigenvalue weighted by molar-refractivity contribution is 5.87. The SMILES string of the molecule is COC(=O)C(C)OC(=O)Cc1n[nH]c(=O)c2ccccc12. The Morgan fingerprint density at radius 1 is 1.29 bits per heavy atom. The fourth-order valence-electron chi connectivity index (χ4n) is 1.90. The van der Waals surface area contributed by atoms with E-state index in [1.54, 1.807) is 24.3 Å². The van der Waals surface area contributed by atoms with Gasteiger partial charge in [0, 0.05) is 5.39 Å². The average molecular weight is 290 g/mol. The van der Waals surface area contributed by atoms with E-state index >= 15 is 0 Å². The van der Waals surface area contributed by atoms with Crippen LogP contribution in [0.15, 0.2) is 29.1 Å². The monoisotopic (exact) mass is 290 g/mol. The molecule has 0 bridgehead atoms. The predicted octanol–water partition coefficient (Wildman–Crippen LogP) is 0.570. The number of benzene rings is 1.